The largest absolute Gasteiger partial charge is 0.372 e. The highest BCUT2D eigenvalue weighted by atomic mass is 35.5. The van der Waals surface area contributed by atoms with E-state index in [1.54, 1.807) is 29.0 Å². The first kappa shape index (κ1) is 19.7. The second kappa shape index (κ2) is 7.18. The van der Waals surface area contributed by atoms with Gasteiger partial charge in [-0.1, -0.05) is 37.0 Å². The van der Waals surface area contributed by atoms with Crippen molar-refractivity contribution in [2.45, 2.75) is 50.5 Å². The van der Waals surface area contributed by atoms with Crippen molar-refractivity contribution in [3.8, 4) is 0 Å². The average Bonchev–Trinajstić information content (AvgIpc) is 3.39. The summed E-state index contributed by atoms with van der Waals surface area (Å²) in [5, 5.41) is 8.21. The second-order valence-electron chi connectivity index (χ2n) is 8.52. The molecule has 9 heteroatoms. The number of ether oxygens (including phenoxy) is 1. The van der Waals surface area contributed by atoms with Gasteiger partial charge in [0.2, 0.25) is 5.91 Å². The van der Waals surface area contributed by atoms with Gasteiger partial charge in [-0.2, -0.15) is 5.10 Å². The molecule has 2 atom stereocenters. The molecule has 1 unspecified atom stereocenters. The van der Waals surface area contributed by atoms with E-state index in [-0.39, 0.29) is 23.3 Å². The highest BCUT2D eigenvalue weighted by molar-refractivity contribution is 6.31. The number of carbonyl (C=O) groups excluding carboxylic acids is 1. The first-order chi connectivity index (χ1) is 14.3. The summed E-state index contributed by atoms with van der Waals surface area (Å²) in [6.07, 6.45) is 5.87. The molecule has 3 aromatic heterocycles. The van der Waals surface area contributed by atoms with E-state index >= 15 is 0 Å². The summed E-state index contributed by atoms with van der Waals surface area (Å²) in [6.45, 7) is 4.92. The normalized spacial score (nSPS) is 22.4. The number of nitrogens with one attached hydrogen (secondary N) is 1. The number of aromatic nitrogens is 4. The van der Waals surface area contributed by atoms with Gasteiger partial charge in [-0.25, -0.2) is 9.50 Å². The third-order valence-corrected chi connectivity index (χ3v) is 6.39. The first-order valence-corrected chi connectivity index (χ1v) is 10.7. The SMILES string of the molecule is CC1(C)C[C@H](C(=O)Nc2cnc(C3CCCO3)c(Cl)c2)c2cnc3cc(Cl)nn3c21. The number of fused-ring (bicyclic) bond motifs is 3. The van der Waals surface area contributed by atoms with E-state index in [1.807, 2.05) is 0 Å². The van der Waals surface area contributed by atoms with Crippen LogP contribution in [-0.4, -0.2) is 32.1 Å². The van der Waals surface area contributed by atoms with E-state index in [9.17, 15) is 4.79 Å². The molecule has 1 N–H and O–H groups in total. The van der Waals surface area contributed by atoms with Crippen molar-refractivity contribution in [1.82, 2.24) is 19.6 Å². The summed E-state index contributed by atoms with van der Waals surface area (Å²) < 4.78 is 7.41. The van der Waals surface area contributed by atoms with Crippen molar-refractivity contribution in [3.05, 3.63) is 51.7 Å². The maximum atomic E-state index is 13.2. The highest BCUT2D eigenvalue weighted by Crippen LogP contribution is 2.46. The summed E-state index contributed by atoms with van der Waals surface area (Å²) in [4.78, 5) is 22.0. The fourth-order valence-electron chi connectivity index (χ4n) is 4.58. The van der Waals surface area contributed by atoms with Crippen LogP contribution < -0.4 is 5.32 Å². The Morgan fingerprint density at radius 1 is 1.27 bits per heavy atom. The van der Waals surface area contributed by atoms with E-state index in [1.165, 1.54) is 0 Å². The van der Waals surface area contributed by atoms with Crippen LogP contribution in [0.4, 0.5) is 5.69 Å². The molecule has 7 nitrogen and oxygen atoms in total. The van der Waals surface area contributed by atoms with Crippen LogP contribution in [0.1, 0.15) is 62.1 Å². The Balaban J connectivity index is 1.43. The molecule has 30 heavy (non-hydrogen) atoms. The number of hydrogen-bond donors (Lipinski definition) is 1. The minimum absolute atomic E-state index is 0.0702. The van der Waals surface area contributed by atoms with Gasteiger partial charge in [-0.05, 0) is 25.3 Å². The van der Waals surface area contributed by atoms with Gasteiger partial charge in [0, 0.05) is 29.8 Å². The molecule has 0 radical (unpaired) electrons. The zero-order chi connectivity index (χ0) is 21.0. The molecule has 3 aromatic rings. The predicted octanol–water partition coefficient (Wildman–Crippen LogP) is 4.69. The van der Waals surface area contributed by atoms with Gasteiger partial charge < -0.3 is 10.1 Å². The molecular weight excluding hydrogens is 425 g/mol. The van der Waals surface area contributed by atoms with Gasteiger partial charge in [0.15, 0.2) is 10.8 Å². The van der Waals surface area contributed by atoms with Gasteiger partial charge in [0.1, 0.15) is 6.10 Å². The maximum absolute atomic E-state index is 13.2. The lowest BCUT2D eigenvalue weighted by atomic mass is 9.88. The maximum Gasteiger partial charge on any atom is 0.232 e. The van der Waals surface area contributed by atoms with E-state index in [0.717, 1.165) is 36.4 Å². The third-order valence-electron chi connectivity index (χ3n) is 5.90. The van der Waals surface area contributed by atoms with Crippen molar-refractivity contribution in [1.29, 1.82) is 0 Å². The molecule has 0 bridgehead atoms. The average molecular weight is 446 g/mol. The topological polar surface area (TPSA) is 81.4 Å². The number of hydrogen-bond acceptors (Lipinski definition) is 5. The lowest BCUT2D eigenvalue weighted by Crippen LogP contribution is -2.21. The van der Waals surface area contributed by atoms with Crippen LogP contribution in [0, 0.1) is 0 Å². The molecule has 4 heterocycles. The van der Waals surface area contributed by atoms with Crippen LogP contribution in [0.3, 0.4) is 0 Å². The fraction of sp³-hybridized carbons (Fsp3) is 0.429. The number of rotatable bonds is 3. The number of carbonyl (C=O) groups is 1. The highest BCUT2D eigenvalue weighted by Gasteiger charge is 2.43. The molecule has 156 valence electrons. The molecule has 1 aliphatic carbocycles. The van der Waals surface area contributed by atoms with Crippen molar-refractivity contribution in [2.75, 3.05) is 11.9 Å². The lowest BCUT2D eigenvalue weighted by molar-refractivity contribution is -0.117. The van der Waals surface area contributed by atoms with Gasteiger partial charge >= 0.3 is 0 Å². The molecule has 1 aliphatic heterocycles. The van der Waals surface area contributed by atoms with Crippen LogP contribution in [0.5, 0.6) is 0 Å². The Bertz CT molecular complexity index is 1150. The molecular formula is C21H21Cl2N5O2. The molecule has 0 aromatic carbocycles. The lowest BCUT2D eigenvalue weighted by Gasteiger charge is -2.19. The number of anilines is 1. The Hall–Kier alpha value is -2.22. The Kier molecular flexibility index (Phi) is 4.72. The first-order valence-electron chi connectivity index (χ1n) is 9.96. The Morgan fingerprint density at radius 3 is 2.83 bits per heavy atom. The van der Waals surface area contributed by atoms with Crippen LogP contribution in [0.25, 0.3) is 5.65 Å². The van der Waals surface area contributed by atoms with Gasteiger partial charge in [-0.15, -0.1) is 0 Å². The van der Waals surface area contributed by atoms with E-state index in [4.69, 9.17) is 27.9 Å². The van der Waals surface area contributed by atoms with E-state index in [2.05, 4.69) is 34.2 Å². The Morgan fingerprint density at radius 2 is 2.10 bits per heavy atom. The molecule has 5 rings (SSSR count). The minimum atomic E-state index is -0.355. The van der Waals surface area contributed by atoms with E-state index < -0.39 is 0 Å². The van der Waals surface area contributed by atoms with Crippen LogP contribution in [0.2, 0.25) is 10.2 Å². The zero-order valence-electron chi connectivity index (χ0n) is 16.7. The summed E-state index contributed by atoms with van der Waals surface area (Å²) in [6, 6.07) is 3.45. The van der Waals surface area contributed by atoms with Crippen LogP contribution in [-0.2, 0) is 14.9 Å². The van der Waals surface area contributed by atoms with Crippen molar-refractivity contribution in [3.63, 3.8) is 0 Å². The number of pyridine rings is 1. The monoisotopic (exact) mass is 445 g/mol. The minimum Gasteiger partial charge on any atom is -0.372 e. The molecule has 1 amide bonds. The predicted molar refractivity (Wildman–Crippen MR) is 114 cm³/mol. The standard InChI is InChI=1S/C21H21Cl2N5O2/c1-21(2)8-12(13-10-24-17-7-16(23)27-28(17)19(13)21)20(29)26-11-6-14(22)18(25-9-11)15-4-3-5-30-15/h6-7,9-10,12,15H,3-5,8H2,1-2H3,(H,26,29)/t12-,15?/m0/s1. The molecule has 0 spiro atoms. The summed E-state index contributed by atoms with van der Waals surface area (Å²) in [7, 11) is 0. The Labute approximate surface area is 183 Å². The number of halogens is 2. The molecule has 2 aliphatic rings. The third kappa shape index (κ3) is 3.25. The summed E-state index contributed by atoms with van der Waals surface area (Å²) >= 11 is 12.5. The second-order valence-corrected chi connectivity index (χ2v) is 9.32. The molecule has 1 saturated heterocycles. The van der Waals surface area contributed by atoms with Crippen molar-refractivity contribution < 1.29 is 9.53 Å². The molecule has 1 fully saturated rings. The zero-order valence-corrected chi connectivity index (χ0v) is 18.2. The van der Waals surface area contributed by atoms with Crippen molar-refractivity contribution in [2.24, 2.45) is 0 Å². The number of nitrogens with zero attached hydrogens (tertiary/aromatic N) is 4. The van der Waals surface area contributed by atoms with Gasteiger partial charge in [0.25, 0.3) is 0 Å². The van der Waals surface area contributed by atoms with Crippen molar-refractivity contribution >= 4 is 40.4 Å². The fourth-order valence-corrected chi connectivity index (χ4v) is 5.04. The van der Waals surface area contributed by atoms with Crippen LogP contribution >= 0.6 is 23.2 Å². The summed E-state index contributed by atoms with van der Waals surface area (Å²) in [5.41, 5.74) is 3.53. The summed E-state index contributed by atoms with van der Waals surface area (Å²) in [5.74, 6) is -0.476. The van der Waals surface area contributed by atoms with Gasteiger partial charge in [0.05, 0.1) is 34.2 Å². The smallest absolute Gasteiger partial charge is 0.232 e. The molecule has 0 saturated carbocycles. The van der Waals surface area contributed by atoms with Gasteiger partial charge in [-0.3, -0.25) is 9.78 Å². The van der Waals surface area contributed by atoms with E-state index in [0.29, 0.717) is 27.9 Å². The van der Waals surface area contributed by atoms with Crippen LogP contribution in [0.15, 0.2) is 24.5 Å². The quantitative estimate of drug-likeness (QED) is 0.632. The number of amides is 1.